The van der Waals surface area contributed by atoms with Gasteiger partial charge in [-0.1, -0.05) is 0 Å². The Bertz CT molecular complexity index is 363. The number of anilines is 1. The number of nitrogens with two attached hydrogens (primary N) is 1. The van der Waals surface area contributed by atoms with Crippen LogP contribution in [0.2, 0.25) is 0 Å². The van der Waals surface area contributed by atoms with Gasteiger partial charge in [-0.05, 0) is 25.0 Å². The van der Waals surface area contributed by atoms with Gasteiger partial charge >= 0.3 is 0 Å². The standard InChI is InChI=1S/C10H13FN2O/c1-13(10(12)4-5-10)7-2-3-9(14)8(11)6-7/h2-3,6,14H,4-5,12H2,1H3. The summed E-state index contributed by atoms with van der Waals surface area (Å²) in [5.74, 6) is -0.942. The molecule has 1 aromatic rings. The van der Waals surface area contributed by atoms with E-state index in [9.17, 15) is 4.39 Å². The average Bonchev–Trinajstić information content (AvgIpc) is 2.89. The van der Waals surface area contributed by atoms with Gasteiger partial charge < -0.3 is 15.7 Å². The molecule has 0 aliphatic heterocycles. The van der Waals surface area contributed by atoms with E-state index in [2.05, 4.69) is 0 Å². The summed E-state index contributed by atoms with van der Waals surface area (Å²) in [4.78, 5) is 1.84. The molecule has 0 saturated heterocycles. The van der Waals surface area contributed by atoms with Crippen LogP contribution in [-0.2, 0) is 0 Å². The second-order valence-corrected chi connectivity index (χ2v) is 3.80. The second-order valence-electron chi connectivity index (χ2n) is 3.80. The van der Waals surface area contributed by atoms with E-state index < -0.39 is 5.82 Å². The fourth-order valence-electron chi connectivity index (χ4n) is 1.43. The number of nitrogens with zero attached hydrogens (tertiary/aromatic N) is 1. The van der Waals surface area contributed by atoms with Crippen molar-refractivity contribution in [2.75, 3.05) is 11.9 Å². The summed E-state index contributed by atoms with van der Waals surface area (Å²) in [5.41, 5.74) is 6.33. The van der Waals surface area contributed by atoms with Gasteiger partial charge in [0.2, 0.25) is 0 Å². The van der Waals surface area contributed by atoms with Crippen LogP contribution in [0.4, 0.5) is 10.1 Å². The zero-order valence-electron chi connectivity index (χ0n) is 8.00. The molecule has 1 aliphatic rings. The third-order valence-corrected chi connectivity index (χ3v) is 2.75. The maximum atomic E-state index is 13.0. The minimum Gasteiger partial charge on any atom is -0.505 e. The van der Waals surface area contributed by atoms with E-state index >= 15 is 0 Å². The van der Waals surface area contributed by atoms with Crippen molar-refractivity contribution >= 4 is 5.69 Å². The number of hydrogen-bond donors (Lipinski definition) is 2. The molecule has 2 rings (SSSR count). The number of hydrogen-bond acceptors (Lipinski definition) is 3. The molecule has 0 amide bonds. The van der Waals surface area contributed by atoms with Gasteiger partial charge in [0.05, 0.1) is 5.66 Å². The number of halogens is 1. The molecule has 3 nitrogen and oxygen atoms in total. The fraction of sp³-hybridized carbons (Fsp3) is 0.400. The average molecular weight is 196 g/mol. The van der Waals surface area contributed by atoms with Gasteiger partial charge in [0.15, 0.2) is 11.6 Å². The van der Waals surface area contributed by atoms with Crippen molar-refractivity contribution in [3.8, 4) is 5.75 Å². The molecule has 1 aromatic carbocycles. The van der Waals surface area contributed by atoms with Crippen LogP contribution in [0.5, 0.6) is 5.75 Å². The summed E-state index contributed by atoms with van der Waals surface area (Å²) in [6, 6.07) is 4.29. The smallest absolute Gasteiger partial charge is 0.166 e. The highest BCUT2D eigenvalue weighted by Crippen LogP contribution is 2.38. The number of rotatable bonds is 2. The number of phenols is 1. The maximum Gasteiger partial charge on any atom is 0.166 e. The van der Waals surface area contributed by atoms with Crippen LogP contribution in [0.15, 0.2) is 18.2 Å². The predicted molar refractivity (Wildman–Crippen MR) is 52.6 cm³/mol. The molecule has 1 saturated carbocycles. The molecule has 0 aromatic heterocycles. The van der Waals surface area contributed by atoms with Crippen molar-refractivity contribution in [2.45, 2.75) is 18.5 Å². The summed E-state index contributed by atoms with van der Waals surface area (Å²) in [5, 5.41) is 9.02. The molecule has 76 valence electrons. The molecule has 0 bridgehead atoms. The number of benzene rings is 1. The first kappa shape index (κ1) is 9.27. The first-order valence-corrected chi connectivity index (χ1v) is 4.54. The van der Waals surface area contributed by atoms with E-state index in [0.29, 0.717) is 5.69 Å². The molecule has 0 atom stereocenters. The van der Waals surface area contributed by atoms with Crippen molar-refractivity contribution in [3.05, 3.63) is 24.0 Å². The minimum absolute atomic E-state index is 0.316. The lowest BCUT2D eigenvalue weighted by Gasteiger charge is -2.26. The largest absolute Gasteiger partial charge is 0.505 e. The molecular weight excluding hydrogens is 183 g/mol. The molecule has 1 fully saturated rings. The van der Waals surface area contributed by atoms with Crippen LogP contribution < -0.4 is 10.6 Å². The second kappa shape index (κ2) is 2.85. The third kappa shape index (κ3) is 1.42. The Labute approximate surface area is 81.9 Å². The monoisotopic (exact) mass is 196 g/mol. The van der Waals surface area contributed by atoms with Gasteiger partial charge in [-0.3, -0.25) is 0 Å². The van der Waals surface area contributed by atoms with Crippen molar-refractivity contribution in [3.63, 3.8) is 0 Å². The quantitative estimate of drug-likeness (QED) is 0.703. The summed E-state index contributed by atoms with van der Waals surface area (Å²) < 4.78 is 13.0. The molecule has 0 unspecified atom stereocenters. The van der Waals surface area contributed by atoms with Crippen LogP contribution in [0.3, 0.4) is 0 Å². The van der Waals surface area contributed by atoms with Gasteiger partial charge in [0, 0.05) is 18.8 Å². The first-order chi connectivity index (χ1) is 6.53. The highest BCUT2D eigenvalue weighted by molar-refractivity contribution is 5.52. The highest BCUT2D eigenvalue weighted by atomic mass is 19.1. The third-order valence-electron chi connectivity index (χ3n) is 2.75. The van der Waals surface area contributed by atoms with Gasteiger partial charge in [0.25, 0.3) is 0 Å². The molecule has 4 heteroatoms. The van der Waals surface area contributed by atoms with E-state index in [4.69, 9.17) is 10.8 Å². The fourth-order valence-corrected chi connectivity index (χ4v) is 1.43. The Kier molecular flexibility index (Phi) is 1.89. The van der Waals surface area contributed by atoms with Crippen LogP contribution in [0.25, 0.3) is 0 Å². The maximum absolute atomic E-state index is 13.0. The lowest BCUT2D eigenvalue weighted by atomic mass is 10.2. The van der Waals surface area contributed by atoms with Gasteiger partial charge in [0.1, 0.15) is 0 Å². The lowest BCUT2D eigenvalue weighted by Crippen LogP contribution is -2.41. The molecule has 0 spiro atoms. The van der Waals surface area contributed by atoms with Crippen LogP contribution in [-0.4, -0.2) is 17.8 Å². The molecule has 14 heavy (non-hydrogen) atoms. The van der Waals surface area contributed by atoms with Crippen LogP contribution >= 0.6 is 0 Å². The normalized spacial score (nSPS) is 17.9. The lowest BCUT2D eigenvalue weighted by molar-refractivity contribution is 0.432. The molecule has 3 N–H and O–H groups in total. The zero-order valence-corrected chi connectivity index (χ0v) is 8.00. The van der Waals surface area contributed by atoms with Crippen LogP contribution in [0.1, 0.15) is 12.8 Å². The Morgan fingerprint density at radius 1 is 1.50 bits per heavy atom. The van der Waals surface area contributed by atoms with Crippen molar-refractivity contribution in [1.82, 2.24) is 0 Å². The van der Waals surface area contributed by atoms with E-state index in [1.807, 2.05) is 11.9 Å². The highest BCUT2D eigenvalue weighted by Gasteiger charge is 2.42. The summed E-state index contributed by atoms with van der Waals surface area (Å²) in [6.07, 6.45) is 1.85. The molecule has 1 aliphatic carbocycles. The predicted octanol–water partition coefficient (Wildman–Crippen LogP) is 1.42. The van der Waals surface area contributed by atoms with Gasteiger partial charge in [-0.2, -0.15) is 0 Å². The zero-order chi connectivity index (χ0) is 10.3. The topological polar surface area (TPSA) is 49.5 Å². The summed E-state index contributed by atoms with van der Waals surface area (Å²) >= 11 is 0. The SMILES string of the molecule is CN(c1ccc(O)c(F)c1)C1(N)CC1. The van der Waals surface area contributed by atoms with Crippen molar-refractivity contribution in [1.29, 1.82) is 0 Å². The van der Waals surface area contributed by atoms with Crippen molar-refractivity contribution in [2.24, 2.45) is 5.73 Å². The molecule has 0 heterocycles. The molecular formula is C10H13FN2O. The van der Waals surface area contributed by atoms with Gasteiger partial charge in [-0.15, -0.1) is 0 Å². The Balaban J connectivity index is 2.28. The summed E-state index contributed by atoms with van der Waals surface area (Å²) in [7, 11) is 1.83. The van der Waals surface area contributed by atoms with Gasteiger partial charge in [-0.25, -0.2) is 4.39 Å². The molecule has 0 radical (unpaired) electrons. The van der Waals surface area contributed by atoms with E-state index in [-0.39, 0.29) is 11.4 Å². The van der Waals surface area contributed by atoms with E-state index in [1.165, 1.54) is 12.1 Å². The van der Waals surface area contributed by atoms with E-state index in [1.54, 1.807) is 6.07 Å². The summed E-state index contributed by atoms with van der Waals surface area (Å²) in [6.45, 7) is 0. The first-order valence-electron chi connectivity index (χ1n) is 4.54. The number of aromatic hydroxyl groups is 1. The Morgan fingerprint density at radius 3 is 2.64 bits per heavy atom. The van der Waals surface area contributed by atoms with E-state index in [0.717, 1.165) is 12.8 Å². The number of phenolic OH excluding ortho intramolecular Hbond substituents is 1. The van der Waals surface area contributed by atoms with Crippen LogP contribution in [0, 0.1) is 5.82 Å². The Hall–Kier alpha value is -1.29. The Morgan fingerprint density at radius 2 is 2.14 bits per heavy atom. The van der Waals surface area contributed by atoms with Crippen molar-refractivity contribution < 1.29 is 9.50 Å². The minimum atomic E-state index is -0.612.